The fraction of sp³-hybridized carbons (Fsp3) is 0.714. The van der Waals surface area contributed by atoms with Crippen molar-refractivity contribution in [3.8, 4) is 5.75 Å². The first-order chi connectivity index (χ1) is 9.81. The molecule has 6 nitrogen and oxygen atoms in total. The van der Waals surface area contributed by atoms with Crippen LogP contribution in [0.1, 0.15) is 32.6 Å². The van der Waals surface area contributed by atoms with Crippen LogP contribution >= 0.6 is 0 Å². The number of ether oxygens (including phenoxy) is 1. The molecule has 0 amide bonds. The van der Waals surface area contributed by atoms with E-state index in [4.69, 9.17) is 4.74 Å². The zero-order valence-corrected chi connectivity index (χ0v) is 12.3. The van der Waals surface area contributed by atoms with Gasteiger partial charge in [-0.15, -0.1) is 0 Å². The SMILES string of the molecule is CCNc1ncnc(N2CCCCC2CCO)c1OC. The Morgan fingerprint density at radius 3 is 3.00 bits per heavy atom. The van der Waals surface area contributed by atoms with Crippen LogP contribution in [0.2, 0.25) is 0 Å². The van der Waals surface area contributed by atoms with Crippen LogP contribution in [0.15, 0.2) is 6.33 Å². The lowest BCUT2D eigenvalue weighted by molar-refractivity contribution is 0.261. The van der Waals surface area contributed by atoms with Crippen LogP contribution in [0.3, 0.4) is 0 Å². The van der Waals surface area contributed by atoms with E-state index >= 15 is 0 Å². The monoisotopic (exact) mass is 280 g/mol. The minimum atomic E-state index is 0.203. The van der Waals surface area contributed by atoms with Gasteiger partial charge in [0.2, 0.25) is 5.75 Å². The molecule has 0 spiro atoms. The van der Waals surface area contributed by atoms with Crippen LogP contribution in [0.4, 0.5) is 11.6 Å². The van der Waals surface area contributed by atoms with E-state index in [1.165, 1.54) is 6.42 Å². The van der Waals surface area contributed by atoms with E-state index in [1.54, 1.807) is 13.4 Å². The maximum atomic E-state index is 9.25. The first kappa shape index (κ1) is 14.8. The molecule has 20 heavy (non-hydrogen) atoms. The standard InChI is InChI=1S/C14H24N4O2/c1-3-15-13-12(20-2)14(17-10-16-13)18-8-5-4-6-11(18)7-9-19/h10-11,19H,3-9H2,1-2H3,(H,15,16,17). The van der Waals surface area contributed by atoms with Crippen molar-refractivity contribution in [3.05, 3.63) is 6.33 Å². The van der Waals surface area contributed by atoms with E-state index in [1.807, 2.05) is 6.92 Å². The summed E-state index contributed by atoms with van der Waals surface area (Å²) in [5, 5.41) is 12.4. The van der Waals surface area contributed by atoms with E-state index in [2.05, 4.69) is 20.2 Å². The third-order valence-corrected chi connectivity index (χ3v) is 3.69. The molecule has 2 rings (SSSR count). The number of piperidine rings is 1. The predicted molar refractivity (Wildman–Crippen MR) is 79.4 cm³/mol. The van der Waals surface area contributed by atoms with Gasteiger partial charge in [0.05, 0.1) is 7.11 Å². The molecule has 2 heterocycles. The highest BCUT2D eigenvalue weighted by atomic mass is 16.5. The number of nitrogens with zero attached hydrogens (tertiary/aromatic N) is 3. The Kier molecular flexibility index (Phi) is 5.40. The number of methoxy groups -OCH3 is 1. The van der Waals surface area contributed by atoms with Crippen LogP contribution in [-0.2, 0) is 0 Å². The van der Waals surface area contributed by atoms with Crippen molar-refractivity contribution >= 4 is 11.6 Å². The third kappa shape index (κ3) is 3.12. The molecule has 1 aromatic heterocycles. The fourth-order valence-electron chi connectivity index (χ4n) is 2.78. The number of aromatic nitrogens is 2. The topological polar surface area (TPSA) is 70.5 Å². The van der Waals surface area contributed by atoms with Gasteiger partial charge in [-0.3, -0.25) is 0 Å². The first-order valence-corrected chi connectivity index (χ1v) is 7.32. The second-order valence-corrected chi connectivity index (χ2v) is 4.96. The van der Waals surface area contributed by atoms with Gasteiger partial charge >= 0.3 is 0 Å². The summed E-state index contributed by atoms with van der Waals surface area (Å²) in [5.41, 5.74) is 0. The number of rotatable bonds is 6. The normalized spacial score (nSPS) is 18.9. The Morgan fingerprint density at radius 2 is 2.30 bits per heavy atom. The molecule has 1 unspecified atom stereocenters. The molecule has 6 heteroatoms. The lowest BCUT2D eigenvalue weighted by Gasteiger charge is -2.37. The second kappa shape index (κ2) is 7.28. The average Bonchev–Trinajstić information content (AvgIpc) is 2.48. The smallest absolute Gasteiger partial charge is 0.204 e. The largest absolute Gasteiger partial charge is 0.490 e. The lowest BCUT2D eigenvalue weighted by atomic mass is 9.99. The number of anilines is 2. The second-order valence-electron chi connectivity index (χ2n) is 4.96. The third-order valence-electron chi connectivity index (χ3n) is 3.69. The maximum Gasteiger partial charge on any atom is 0.204 e. The summed E-state index contributed by atoms with van der Waals surface area (Å²) >= 11 is 0. The molecular formula is C14H24N4O2. The average molecular weight is 280 g/mol. The van der Waals surface area contributed by atoms with Gasteiger partial charge in [-0.05, 0) is 32.6 Å². The van der Waals surface area contributed by atoms with Gasteiger partial charge in [-0.2, -0.15) is 0 Å². The van der Waals surface area contributed by atoms with E-state index in [-0.39, 0.29) is 6.61 Å². The molecular weight excluding hydrogens is 256 g/mol. The van der Waals surface area contributed by atoms with Crippen molar-refractivity contribution in [2.45, 2.75) is 38.6 Å². The number of hydrogen-bond acceptors (Lipinski definition) is 6. The van der Waals surface area contributed by atoms with Crippen molar-refractivity contribution in [2.24, 2.45) is 0 Å². The van der Waals surface area contributed by atoms with Crippen molar-refractivity contribution in [2.75, 3.05) is 37.0 Å². The highest BCUT2D eigenvalue weighted by molar-refractivity contribution is 5.65. The van der Waals surface area contributed by atoms with Gasteiger partial charge in [-0.1, -0.05) is 0 Å². The summed E-state index contributed by atoms with van der Waals surface area (Å²) in [7, 11) is 1.65. The molecule has 1 aliphatic heterocycles. The zero-order valence-electron chi connectivity index (χ0n) is 12.3. The van der Waals surface area contributed by atoms with Crippen LogP contribution < -0.4 is 15.0 Å². The van der Waals surface area contributed by atoms with Gasteiger partial charge in [0.15, 0.2) is 11.6 Å². The summed E-state index contributed by atoms with van der Waals surface area (Å²) < 4.78 is 5.52. The van der Waals surface area contributed by atoms with Gasteiger partial charge in [0.25, 0.3) is 0 Å². The van der Waals surface area contributed by atoms with E-state index in [0.29, 0.717) is 11.8 Å². The van der Waals surface area contributed by atoms with Crippen molar-refractivity contribution < 1.29 is 9.84 Å². The molecule has 2 N–H and O–H groups in total. The van der Waals surface area contributed by atoms with Crippen LogP contribution in [-0.4, -0.2) is 47.9 Å². The Morgan fingerprint density at radius 1 is 1.45 bits per heavy atom. The Hall–Kier alpha value is -1.56. The number of aliphatic hydroxyl groups is 1. The van der Waals surface area contributed by atoms with Crippen molar-refractivity contribution in [1.29, 1.82) is 0 Å². The molecule has 1 aromatic rings. The molecule has 1 aliphatic rings. The number of hydrogen-bond donors (Lipinski definition) is 2. The molecule has 1 atom stereocenters. The van der Waals surface area contributed by atoms with E-state index < -0.39 is 0 Å². The molecule has 0 aromatic carbocycles. The minimum absolute atomic E-state index is 0.203. The van der Waals surface area contributed by atoms with E-state index in [0.717, 1.165) is 44.0 Å². The Labute approximate surface area is 120 Å². The number of nitrogens with one attached hydrogen (secondary N) is 1. The summed E-state index contributed by atoms with van der Waals surface area (Å²) in [6.45, 7) is 3.96. The summed E-state index contributed by atoms with van der Waals surface area (Å²) in [6.07, 6.45) is 5.77. The molecule has 112 valence electrons. The molecule has 1 saturated heterocycles. The summed E-state index contributed by atoms with van der Waals surface area (Å²) in [6, 6.07) is 0.326. The minimum Gasteiger partial charge on any atom is -0.490 e. The first-order valence-electron chi connectivity index (χ1n) is 7.32. The number of aliphatic hydroxyl groups excluding tert-OH is 1. The molecule has 1 fully saturated rings. The highest BCUT2D eigenvalue weighted by Gasteiger charge is 2.27. The molecule has 0 aliphatic carbocycles. The van der Waals surface area contributed by atoms with Gasteiger partial charge in [0, 0.05) is 25.7 Å². The molecule has 0 saturated carbocycles. The van der Waals surface area contributed by atoms with Gasteiger partial charge < -0.3 is 20.1 Å². The quantitative estimate of drug-likeness (QED) is 0.826. The highest BCUT2D eigenvalue weighted by Crippen LogP contribution is 2.35. The summed E-state index contributed by atoms with van der Waals surface area (Å²) in [5.74, 6) is 2.25. The summed E-state index contributed by atoms with van der Waals surface area (Å²) in [4.78, 5) is 10.9. The zero-order chi connectivity index (χ0) is 14.4. The Balaban J connectivity index is 2.31. The van der Waals surface area contributed by atoms with Crippen molar-refractivity contribution in [3.63, 3.8) is 0 Å². The lowest BCUT2D eigenvalue weighted by Crippen LogP contribution is -2.41. The fourth-order valence-corrected chi connectivity index (χ4v) is 2.78. The molecule has 0 bridgehead atoms. The van der Waals surface area contributed by atoms with E-state index in [9.17, 15) is 5.11 Å². The van der Waals surface area contributed by atoms with Crippen LogP contribution in [0, 0.1) is 0 Å². The van der Waals surface area contributed by atoms with Gasteiger partial charge in [0.1, 0.15) is 6.33 Å². The Bertz CT molecular complexity index is 426. The van der Waals surface area contributed by atoms with Gasteiger partial charge in [-0.25, -0.2) is 9.97 Å². The predicted octanol–water partition coefficient (Wildman–Crippen LogP) is 1.66. The van der Waals surface area contributed by atoms with Crippen LogP contribution in [0.5, 0.6) is 5.75 Å². The maximum absolute atomic E-state index is 9.25. The van der Waals surface area contributed by atoms with Crippen molar-refractivity contribution in [1.82, 2.24) is 9.97 Å². The molecule has 0 radical (unpaired) electrons. The van der Waals surface area contributed by atoms with Crippen LogP contribution in [0.25, 0.3) is 0 Å².